The number of rotatable bonds is 9. The van der Waals surface area contributed by atoms with Gasteiger partial charge < -0.3 is 20.7 Å². The van der Waals surface area contributed by atoms with E-state index in [0.717, 1.165) is 0 Å². The highest BCUT2D eigenvalue weighted by Crippen LogP contribution is 2.61. The normalized spacial score (nSPS) is 16.5. The number of nitrogen functional groups attached to an aromatic ring is 1. The molecule has 46 heavy (non-hydrogen) atoms. The number of hydrogen-bond acceptors (Lipinski definition) is 11. The van der Waals surface area contributed by atoms with Crippen molar-refractivity contribution in [3.63, 3.8) is 0 Å². The second kappa shape index (κ2) is 14.5. The van der Waals surface area contributed by atoms with Crippen LogP contribution in [0.1, 0.15) is 55.0 Å². The van der Waals surface area contributed by atoms with Crippen LogP contribution in [0, 0.1) is 30.1 Å². The molecule has 0 bridgehead atoms. The summed E-state index contributed by atoms with van der Waals surface area (Å²) in [5.41, 5.74) is 9.58. The van der Waals surface area contributed by atoms with E-state index in [1.54, 1.807) is 17.3 Å². The van der Waals surface area contributed by atoms with Gasteiger partial charge in [-0.25, -0.2) is 14.1 Å². The molecule has 0 unspecified atom stereocenters. The molecule has 3 heterocycles. The number of fused-ring (bicyclic) bond motifs is 1. The highest BCUT2D eigenvalue weighted by atomic mass is 32.3. The summed E-state index contributed by atoms with van der Waals surface area (Å²) < 4.78 is 31.1. The molecule has 1 aromatic heterocycles. The maximum Gasteiger partial charge on any atom is 0.222 e. The number of nitrogens with zero attached hydrogens (tertiary/aromatic N) is 5. The van der Waals surface area contributed by atoms with Gasteiger partial charge in [0.25, 0.3) is 0 Å². The molecule has 238 valence electrons. The summed E-state index contributed by atoms with van der Waals surface area (Å²) in [4.78, 5) is 22.3. The van der Waals surface area contributed by atoms with Gasteiger partial charge in [0.15, 0.2) is 0 Å². The number of carbonyl (C=O) groups excluding carboxylic acids is 1. The number of ether oxygens (including phenoxy) is 1. The molecule has 0 aliphatic carbocycles. The lowest BCUT2D eigenvalue weighted by atomic mass is 10.0. The fraction of sp³-hybridized carbons (Fsp3) is 0.324. The van der Waals surface area contributed by atoms with Gasteiger partial charge in [-0.15, -0.1) is 0 Å². The molecule has 1 fully saturated rings. The van der Waals surface area contributed by atoms with E-state index in [1.807, 2.05) is 60.4 Å². The molecular weight excluding hydrogens is 602 g/mol. The number of nitrogens with two attached hydrogens (primary N) is 1. The number of unbranched alkanes of at least 4 members (excludes halogenated alkanes) is 1. The number of nitriles is 1. The lowest BCUT2D eigenvalue weighted by molar-refractivity contribution is 0.0526. The van der Waals surface area contributed by atoms with E-state index >= 15 is 0 Å². The molecule has 0 amide bonds. The number of aromatic nitrogens is 2. The summed E-state index contributed by atoms with van der Waals surface area (Å²) in [6, 6.07) is 16.3. The number of anilines is 3. The Morgan fingerprint density at radius 1 is 1.15 bits per heavy atom. The Morgan fingerprint density at radius 2 is 1.91 bits per heavy atom. The van der Waals surface area contributed by atoms with Gasteiger partial charge in [0, 0.05) is 25.1 Å². The molecule has 2 aliphatic rings. The van der Waals surface area contributed by atoms with Crippen molar-refractivity contribution >= 4 is 40.2 Å². The smallest absolute Gasteiger partial charge is 0.222 e. The lowest BCUT2D eigenvalue weighted by Crippen LogP contribution is -2.39. The largest absolute Gasteiger partial charge is 0.378 e. The summed E-state index contributed by atoms with van der Waals surface area (Å²) in [5.74, 6) is 8.73. The van der Waals surface area contributed by atoms with E-state index < -0.39 is 16.8 Å². The maximum absolute atomic E-state index is 12.1. The summed E-state index contributed by atoms with van der Waals surface area (Å²) in [5, 5.41) is 13.1. The van der Waals surface area contributed by atoms with Crippen molar-refractivity contribution in [1.29, 1.82) is 5.26 Å². The van der Waals surface area contributed by atoms with E-state index in [-0.39, 0.29) is 17.3 Å². The third-order valence-corrected chi connectivity index (χ3v) is 9.78. The minimum Gasteiger partial charge on any atom is -0.378 e. The van der Waals surface area contributed by atoms with Crippen molar-refractivity contribution in [1.82, 2.24) is 14.9 Å². The highest BCUT2D eigenvalue weighted by molar-refractivity contribution is 8.25. The number of hydrogen-bond donors (Lipinski definition) is 4. The summed E-state index contributed by atoms with van der Waals surface area (Å²) in [7, 11) is -3.64. The topological polar surface area (TPSA) is 161 Å². The Morgan fingerprint density at radius 3 is 2.61 bits per heavy atom. The number of allylic oxidation sites excluding steroid dienone is 1. The van der Waals surface area contributed by atoms with Crippen molar-refractivity contribution in [2.75, 3.05) is 41.7 Å². The average Bonchev–Trinajstić information content (AvgIpc) is 3.05. The van der Waals surface area contributed by atoms with Crippen LogP contribution in [0.5, 0.6) is 0 Å². The zero-order chi connectivity index (χ0) is 32.7. The Hall–Kier alpha value is -4.81. The first-order chi connectivity index (χ1) is 22.3. The summed E-state index contributed by atoms with van der Waals surface area (Å²) in [6.45, 7) is 6.20. The molecular formula is C34H37N7O4S. The number of aryl methyl sites for hydroxylation is 1. The van der Waals surface area contributed by atoms with Crippen molar-refractivity contribution < 1.29 is 18.6 Å². The van der Waals surface area contributed by atoms with Crippen LogP contribution in [0.25, 0.3) is 6.08 Å². The van der Waals surface area contributed by atoms with E-state index in [2.05, 4.69) is 39.1 Å². The first kappa shape index (κ1) is 32.6. The van der Waals surface area contributed by atoms with E-state index in [9.17, 15) is 19.2 Å². The Kier molecular flexibility index (Phi) is 10.3. The zero-order valence-electron chi connectivity index (χ0n) is 25.9. The standard InChI is InChI=1S/C34H37N7O4S/c1-3-30(38-33-29(22-35)24(2)37-34(36)39-33)31-21-26-13-10-12-25(32(26)46(43,44)41(31)27-14-7-5-8-15-27)11-6-4-9-16-28(23-42)40-17-19-45-20-18-40/h5,7-8,10,12-15,21,30,43-44H,3-4,9,16-20H2,1-2H3,(H3,36,37,38,39)/t30-/m0/s1. The van der Waals surface area contributed by atoms with Gasteiger partial charge in [0.2, 0.25) is 5.95 Å². The fourth-order valence-corrected chi connectivity index (χ4v) is 7.55. The first-order valence-corrected chi connectivity index (χ1v) is 16.6. The van der Waals surface area contributed by atoms with Gasteiger partial charge in [0.05, 0.1) is 47.6 Å². The van der Waals surface area contributed by atoms with Crippen LogP contribution in [-0.2, 0) is 9.53 Å². The van der Waals surface area contributed by atoms with Crippen LogP contribution in [0.3, 0.4) is 0 Å². The zero-order valence-corrected chi connectivity index (χ0v) is 26.7. The third-order valence-electron chi connectivity index (χ3n) is 7.85. The van der Waals surface area contributed by atoms with Gasteiger partial charge in [-0.3, -0.25) is 9.11 Å². The first-order valence-electron chi connectivity index (χ1n) is 15.1. The predicted molar refractivity (Wildman–Crippen MR) is 180 cm³/mol. The molecule has 2 aromatic carbocycles. The SMILES string of the molecule is CC[C@H](Nc1nc(N)nc(C)c1C#N)C1=Cc2cccc(C#CCCCC(=C=O)N3CCOCC3)c2S(O)(O)N1c1ccccc1. The maximum atomic E-state index is 12.1. The van der Waals surface area contributed by atoms with Gasteiger partial charge in [-0.1, -0.05) is 59.9 Å². The second-order valence-corrected chi connectivity index (χ2v) is 12.7. The molecule has 0 spiro atoms. The molecule has 5 rings (SSSR count). The number of para-hydroxylation sites is 1. The Bertz CT molecular complexity index is 1770. The van der Waals surface area contributed by atoms with Crippen LogP contribution in [0.4, 0.5) is 17.5 Å². The minimum atomic E-state index is -3.64. The number of morpholine rings is 1. The number of benzene rings is 2. The van der Waals surface area contributed by atoms with Gasteiger partial charge in [-0.2, -0.15) is 10.2 Å². The molecule has 12 heteroatoms. The van der Waals surface area contributed by atoms with Gasteiger partial charge in [0.1, 0.15) is 28.3 Å². The highest BCUT2D eigenvalue weighted by Gasteiger charge is 2.39. The van der Waals surface area contributed by atoms with Crippen molar-refractivity contribution in [2.45, 2.75) is 50.5 Å². The molecule has 5 N–H and O–H groups in total. The Balaban J connectivity index is 1.49. The predicted octanol–water partition coefficient (Wildman–Crippen LogP) is 5.58. The molecule has 2 aliphatic heterocycles. The fourth-order valence-electron chi connectivity index (χ4n) is 5.62. The van der Waals surface area contributed by atoms with E-state index in [0.29, 0.717) is 90.8 Å². The molecule has 0 radical (unpaired) electrons. The molecule has 3 aromatic rings. The van der Waals surface area contributed by atoms with Gasteiger partial charge >= 0.3 is 0 Å². The quantitative estimate of drug-likeness (QED) is 0.131. The van der Waals surface area contributed by atoms with Crippen molar-refractivity contribution in [3.8, 4) is 17.9 Å². The lowest BCUT2D eigenvalue weighted by Gasteiger charge is -2.50. The third kappa shape index (κ3) is 6.87. The van der Waals surface area contributed by atoms with Gasteiger partial charge in [-0.05, 0) is 50.5 Å². The second-order valence-electron chi connectivity index (χ2n) is 10.9. The van der Waals surface area contributed by atoms with Crippen LogP contribution in [-0.4, -0.2) is 62.3 Å². The monoisotopic (exact) mass is 639 g/mol. The molecule has 0 saturated carbocycles. The minimum absolute atomic E-state index is 0.0312. The molecule has 1 saturated heterocycles. The van der Waals surface area contributed by atoms with E-state index in [1.165, 1.54) is 0 Å². The van der Waals surface area contributed by atoms with Crippen molar-refractivity contribution in [3.05, 3.63) is 82.3 Å². The molecule has 1 atom stereocenters. The Labute approximate surface area is 270 Å². The summed E-state index contributed by atoms with van der Waals surface area (Å²) >= 11 is 0. The van der Waals surface area contributed by atoms with Crippen LogP contribution >= 0.6 is 10.8 Å². The molecule has 11 nitrogen and oxygen atoms in total. The number of nitrogens with one attached hydrogen (secondary N) is 1. The van der Waals surface area contributed by atoms with Crippen molar-refractivity contribution in [2.24, 2.45) is 0 Å². The van der Waals surface area contributed by atoms with Crippen LogP contribution < -0.4 is 15.4 Å². The summed E-state index contributed by atoms with van der Waals surface area (Å²) in [6.07, 6.45) is 4.19. The van der Waals surface area contributed by atoms with E-state index in [4.69, 9.17) is 10.5 Å². The van der Waals surface area contributed by atoms with Crippen LogP contribution in [0.2, 0.25) is 0 Å². The average molecular weight is 640 g/mol. The van der Waals surface area contributed by atoms with Crippen LogP contribution in [0.15, 0.2) is 64.8 Å².